The third kappa shape index (κ3) is 2.57. The molecule has 1 fully saturated rings. The van der Waals surface area contributed by atoms with Crippen LogP contribution in [0.2, 0.25) is 10.0 Å². The zero-order chi connectivity index (χ0) is 12.4. The fourth-order valence-electron chi connectivity index (χ4n) is 1.26. The monoisotopic (exact) mass is 271 g/mol. The Morgan fingerprint density at radius 1 is 1.35 bits per heavy atom. The number of urea groups is 1. The van der Waals surface area contributed by atoms with Crippen LogP contribution in [0.15, 0.2) is 23.3 Å². The number of hydrogen-bond donors (Lipinski definition) is 1. The molecule has 1 aliphatic rings. The van der Waals surface area contributed by atoms with Gasteiger partial charge in [-0.1, -0.05) is 29.3 Å². The van der Waals surface area contributed by atoms with E-state index in [4.69, 9.17) is 23.2 Å². The van der Waals surface area contributed by atoms with E-state index in [9.17, 15) is 9.59 Å². The lowest BCUT2D eigenvalue weighted by molar-refractivity contribution is -0.124. The van der Waals surface area contributed by atoms with Crippen molar-refractivity contribution in [1.29, 1.82) is 0 Å². The van der Waals surface area contributed by atoms with Crippen molar-refractivity contribution in [1.82, 2.24) is 10.3 Å². The molecular weight excluding hydrogens is 265 g/mol. The maximum Gasteiger partial charge on any atom is 0.345 e. The van der Waals surface area contributed by atoms with Crippen LogP contribution in [0.25, 0.3) is 0 Å². The second kappa shape index (κ2) is 4.73. The highest BCUT2D eigenvalue weighted by Gasteiger charge is 2.27. The second-order valence-electron chi connectivity index (χ2n) is 3.27. The van der Waals surface area contributed by atoms with Crippen molar-refractivity contribution in [2.75, 3.05) is 6.54 Å². The predicted molar refractivity (Wildman–Crippen MR) is 64.3 cm³/mol. The number of rotatable bonds is 2. The van der Waals surface area contributed by atoms with Crippen LogP contribution in [0.1, 0.15) is 5.56 Å². The highest BCUT2D eigenvalue weighted by molar-refractivity contribution is 6.36. The Hall–Kier alpha value is -1.59. The fraction of sp³-hybridized carbons (Fsp3) is 0.100. The number of amides is 3. The summed E-state index contributed by atoms with van der Waals surface area (Å²) in [6.07, 6.45) is 1.33. The van der Waals surface area contributed by atoms with E-state index in [1.807, 2.05) is 0 Å². The van der Waals surface area contributed by atoms with Gasteiger partial charge >= 0.3 is 6.03 Å². The maximum absolute atomic E-state index is 11.2. The molecule has 17 heavy (non-hydrogen) atoms. The minimum atomic E-state index is -0.545. The van der Waals surface area contributed by atoms with Crippen LogP contribution in [0.4, 0.5) is 4.79 Å². The molecule has 0 atom stereocenters. The summed E-state index contributed by atoms with van der Waals surface area (Å²) in [7, 11) is 0. The van der Waals surface area contributed by atoms with Crippen LogP contribution in [0.5, 0.6) is 0 Å². The van der Waals surface area contributed by atoms with Gasteiger partial charge < -0.3 is 5.32 Å². The summed E-state index contributed by atoms with van der Waals surface area (Å²) in [5.74, 6) is -0.406. The second-order valence-corrected chi connectivity index (χ2v) is 4.12. The van der Waals surface area contributed by atoms with Crippen LogP contribution in [0.3, 0.4) is 0 Å². The van der Waals surface area contributed by atoms with Gasteiger partial charge in [0.1, 0.15) is 6.54 Å². The molecular formula is C10H7Cl2N3O2. The summed E-state index contributed by atoms with van der Waals surface area (Å²) in [4.78, 5) is 22.4. The van der Waals surface area contributed by atoms with Crippen LogP contribution in [0, 0.1) is 0 Å². The molecule has 1 aliphatic heterocycles. The minimum Gasteiger partial charge on any atom is -0.327 e. The number of hydrogen-bond acceptors (Lipinski definition) is 3. The Morgan fingerprint density at radius 2 is 2.12 bits per heavy atom. The van der Waals surface area contributed by atoms with Gasteiger partial charge in [0.15, 0.2) is 0 Å². The van der Waals surface area contributed by atoms with Crippen molar-refractivity contribution in [2.24, 2.45) is 5.10 Å². The van der Waals surface area contributed by atoms with Crippen LogP contribution >= 0.6 is 23.2 Å². The van der Waals surface area contributed by atoms with Gasteiger partial charge in [-0.25, -0.2) is 4.79 Å². The number of carbonyl (C=O) groups excluding carboxylic acids is 2. The number of halogens is 2. The molecule has 1 N–H and O–H groups in total. The first kappa shape index (κ1) is 11.9. The predicted octanol–water partition coefficient (Wildman–Crippen LogP) is 1.88. The Balaban J connectivity index is 2.20. The highest BCUT2D eigenvalue weighted by atomic mass is 35.5. The number of nitrogens with zero attached hydrogens (tertiary/aromatic N) is 2. The summed E-state index contributed by atoms with van der Waals surface area (Å²) in [5.41, 5.74) is 0.573. The van der Waals surface area contributed by atoms with Crippen molar-refractivity contribution in [2.45, 2.75) is 0 Å². The number of carbonyl (C=O) groups is 2. The summed E-state index contributed by atoms with van der Waals surface area (Å²) >= 11 is 11.6. The number of benzene rings is 1. The molecule has 0 radical (unpaired) electrons. The third-order valence-corrected chi connectivity index (χ3v) is 2.66. The van der Waals surface area contributed by atoms with E-state index in [1.165, 1.54) is 6.21 Å². The highest BCUT2D eigenvalue weighted by Crippen LogP contribution is 2.19. The number of hydrazone groups is 1. The molecule has 7 heteroatoms. The topological polar surface area (TPSA) is 61.8 Å². The molecule has 0 unspecified atom stereocenters. The lowest BCUT2D eigenvalue weighted by Gasteiger charge is -2.04. The summed E-state index contributed by atoms with van der Waals surface area (Å²) in [6, 6.07) is 4.29. The molecule has 0 spiro atoms. The lowest BCUT2D eigenvalue weighted by Crippen LogP contribution is -2.25. The van der Waals surface area contributed by atoms with E-state index in [0.717, 1.165) is 5.01 Å². The van der Waals surface area contributed by atoms with Gasteiger partial charge in [-0.15, -0.1) is 5.01 Å². The normalized spacial score (nSPS) is 15.8. The van der Waals surface area contributed by atoms with Crippen molar-refractivity contribution in [3.8, 4) is 0 Å². The molecule has 0 aromatic heterocycles. The van der Waals surface area contributed by atoms with E-state index in [1.54, 1.807) is 18.2 Å². The summed E-state index contributed by atoms with van der Waals surface area (Å²) in [6.45, 7) is -0.0372. The Labute approximate surface area is 107 Å². The maximum atomic E-state index is 11.2. The van der Waals surface area contributed by atoms with Crippen molar-refractivity contribution in [3.63, 3.8) is 0 Å². The smallest absolute Gasteiger partial charge is 0.327 e. The average molecular weight is 272 g/mol. The molecule has 2 rings (SSSR count). The van der Waals surface area contributed by atoms with Crippen molar-refractivity contribution >= 4 is 41.4 Å². The zero-order valence-corrected chi connectivity index (χ0v) is 10.00. The van der Waals surface area contributed by atoms with E-state index in [-0.39, 0.29) is 6.54 Å². The van der Waals surface area contributed by atoms with Crippen LogP contribution in [-0.4, -0.2) is 29.7 Å². The van der Waals surface area contributed by atoms with Crippen molar-refractivity contribution in [3.05, 3.63) is 33.8 Å². The molecule has 0 aliphatic carbocycles. The molecule has 1 aromatic rings. The third-order valence-electron chi connectivity index (χ3n) is 2.09. The van der Waals surface area contributed by atoms with Gasteiger partial charge in [0, 0.05) is 10.6 Å². The molecule has 1 saturated heterocycles. The molecule has 0 bridgehead atoms. The van der Waals surface area contributed by atoms with Gasteiger partial charge in [-0.3, -0.25) is 4.79 Å². The van der Waals surface area contributed by atoms with Gasteiger partial charge in [0.2, 0.25) is 0 Å². The van der Waals surface area contributed by atoms with Gasteiger partial charge in [0.25, 0.3) is 5.91 Å². The van der Waals surface area contributed by atoms with E-state index < -0.39 is 11.9 Å². The Kier molecular flexibility index (Phi) is 3.31. The SMILES string of the molecule is O=C1CNC(=O)N1N=Cc1ccc(Cl)cc1Cl. The molecule has 3 amide bonds. The summed E-state index contributed by atoms with van der Waals surface area (Å²) in [5, 5.41) is 7.77. The van der Waals surface area contributed by atoms with E-state index >= 15 is 0 Å². The molecule has 1 heterocycles. The van der Waals surface area contributed by atoms with Crippen molar-refractivity contribution < 1.29 is 9.59 Å². The van der Waals surface area contributed by atoms with Crippen LogP contribution < -0.4 is 5.32 Å². The molecule has 0 saturated carbocycles. The molecule has 1 aromatic carbocycles. The largest absolute Gasteiger partial charge is 0.345 e. The zero-order valence-electron chi connectivity index (χ0n) is 8.48. The van der Waals surface area contributed by atoms with E-state index in [0.29, 0.717) is 15.6 Å². The average Bonchev–Trinajstić information content (AvgIpc) is 2.58. The lowest BCUT2D eigenvalue weighted by atomic mass is 10.2. The first-order chi connectivity index (χ1) is 8.08. The standard InChI is InChI=1S/C10H7Cl2N3O2/c11-7-2-1-6(8(12)3-7)4-14-15-9(16)5-13-10(15)17/h1-4H,5H2,(H,13,17). The summed E-state index contributed by atoms with van der Waals surface area (Å²) < 4.78 is 0. The van der Waals surface area contributed by atoms with Gasteiger partial charge in [-0.2, -0.15) is 5.10 Å². The molecule has 5 nitrogen and oxygen atoms in total. The van der Waals surface area contributed by atoms with Gasteiger partial charge in [-0.05, 0) is 12.1 Å². The number of imide groups is 1. The quantitative estimate of drug-likeness (QED) is 0.660. The van der Waals surface area contributed by atoms with E-state index in [2.05, 4.69) is 10.4 Å². The van der Waals surface area contributed by atoms with Crippen LogP contribution in [-0.2, 0) is 4.79 Å². The molecule has 88 valence electrons. The Bertz CT molecular complexity index is 500. The number of nitrogens with one attached hydrogen (secondary N) is 1. The minimum absolute atomic E-state index is 0.0372. The first-order valence-electron chi connectivity index (χ1n) is 4.68. The fourth-order valence-corrected chi connectivity index (χ4v) is 1.71. The first-order valence-corrected chi connectivity index (χ1v) is 5.43. The Morgan fingerprint density at radius 3 is 2.71 bits per heavy atom. The van der Waals surface area contributed by atoms with Gasteiger partial charge in [0.05, 0.1) is 11.2 Å².